The predicted molar refractivity (Wildman–Crippen MR) is 118 cm³/mol. The number of fused-ring (bicyclic) bond motifs is 1. The number of amides is 1. The summed E-state index contributed by atoms with van der Waals surface area (Å²) in [5.74, 6) is 1.84. The van der Waals surface area contributed by atoms with Crippen molar-refractivity contribution in [2.75, 3.05) is 11.1 Å². The molecule has 4 aromatic rings. The number of nitrogens with one attached hydrogen (secondary N) is 2. The van der Waals surface area contributed by atoms with Gasteiger partial charge in [-0.05, 0) is 54.8 Å². The van der Waals surface area contributed by atoms with Crippen LogP contribution in [0.3, 0.4) is 0 Å². The highest BCUT2D eigenvalue weighted by molar-refractivity contribution is 5.83. The van der Waals surface area contributed by atoms with Crippen molar-refractivity contribution in [2.45, 2.75) is 25.4 Å². The van der Waals surface area contributed by atoms with Crippen LogP contribution in [-0.2, 0) is 6.54 Å². The highest BCUT2D eigenvalue weighted by atomic mass is 16.4. The molecule has 0 unspecified atom stereocenters. The monoisotopic (exact) mass is 415 g/mol. The number of nitrogens with two attached hydrogens (primary N) is 1. The van der Waals surface area contributed by atoms with Crippen LogP contribution in [0, 0.1) is 0 Å². The first-order chi connectivity index (χ1) is 15.1. The number of imidazole rings is 1. The first kappa shape index (κ1) is 18.9. The van der Waals surface area contributed by atoms with Crippen molar-refractivity contribution in [1.82, 2.24) is 24.8 Å². The second-order valence-electron chi connectivity index (χ2n) is 7.49. The molecule has 5 rings (SSSR count). The van der Waals surface area contributed by atoms with E-state index in [1.54, 1.807) is 6.20 Å². The Bertz CT molecular complexity index is 1260. The van der Waals surface area contributed by atoms with Gasteiger partial charge in [0.2, 0.25) is 0 Å². The fourth-order valence-corrected chi connectivity index (χ4v) is 3.45. The molecule has 3 aromatic heterocycles. The van der Waals surface area contributed by atoms with Gasteiger partial charge in [-0.15, -0.1) is 0 Å². The Kier molecular flexibility index (Phi) is 4.62. The number of nitrogen functional groups attached to an aromatic ring is 1. The Balaban J connectivity index is 1.63. The van der Waals surface area contributed by atoms with Crippen molar-refractivity contribution < 1.29 is 9.90 Å². The summed E-state index contributed by atoms with van der Waals surface area (Å²) in [4.78, 5) is 24.6. The molecular formula is C22H21N7O2. The van der Waals surface area contributed by atoms with Gasteiger partial charge in [0.25, 0.3) is 0 Å². The highest BCUT2D eigenvalue weighted by Gasteiger charge is 2.23. The molecule has 156 valence electrons. The molecule has 9 heteroatoms. The van der Waals surface area contributed by atoms with Gasteiger partial charge in [-0.25, -0.2) is 19.7 Å². The Hall–Kier alpha value is -4.14. The Morgan fingerprint density at radius 2 is 1.94 bits per heavy atom. The number of carboxylic acid groups (broad SMARTS) is 1. The van der Waals surface area contributed by atoms with Crippen LogP contribution in [0.1, 0.15) is 18.4 Å². The maximum absolute atomic E-state index is 10.8. The summed E-state index contributed by atoms with van der Waals surface area (Å²) in [6, 6.07) is 15.7. The number of aromatic nitrogens is 4. The van der Waals surface area contributed by atoms with Crippen LogP contribution in [0.4, 0.5) is 16.4 Å². The third-order valence-corrected chi connectivity index (χ3v) is 5.15. The molecule has 1 fully saturated rings. The molecule has 1 amide bonds. The molecule has 0 saturated heterocycles. The fourth-order valence-electron chi connectivity index (χ4n) is 3.45. The molecule has 9 nitrogen and oxygen atoms in total. The molecule has 1 aliphatic rings. The van der Waals surface area contributed by atoms with Gasteiger partial charge in [0, 0.05) is 24.5 Å². The van der Waals surface area contributed by atoms with Crippen molar-refractivity contribution in [1.29, 1.82) is 0 Å². The van der Waals surface area contributed by atoms with Gasteiger partial charge in [-0.3, -0.25) is 4.57 Å². The lowest BCUT2D eigenvalue weighted by Gasteiger charge is -2.11. The van der Waals surface area contributed by atoms with E-state index in [-0.39, 0.29) is 6.54 Å². The summed E-state index contributed by atoms with van der Waals surface area (Å²) >= 11 is 0. The number of anilines is 2. The van der Waals surface area contributed by atoms with E-state index in [1.165, 1.54) is 0 Å². The van der Waals surface area contributed by atoms with E-state index in [9.17, 15) is 4.79 Å². The quantitative estimate of drug-likeness (QED) is 0.379. The molecule has 1 saturated carbocycles. The van der Waals surface area contributed by atoms with Crippen LogP contribution in [-0.4, -0.2) is 36.8 Å². The predicted octanol–water partition coefficient (Wildman–Crippen LogP) is 3.41. The minimum atomic E-state index is -1.06. The number of benzene rings is 1. The molecule has 0 radical (unpaired) electrons. The first-order valence-corrected chi connectivity index (χ1v) is 10.0. The molecule has 0 atom stereocenters. The standard InChI is InChI=1S/C22H21N7O2/c23-19-16(2-1-11-24-19)20-27-17-9-10-18(26-14-5-6-14)28-21(17)29(20)15-7-3-13(4-8-15)12-25-22(30)31/h1-4,7-11,14,25H,5-6,12H2,(H2,23,24)(H,26,28)(H,30,31). The molecule has 31 heavy (non-hydrogen) atoms. The van der Waals surface area contributed by atoms with E-state index in [2.05, 4.69) is 15.6 Å². The number of rotatable bonds is 6. The minimum absolute atomic E-state index is 0.233. The number of hydrogen-bond acceptors (Lipinski definition) is 6. The number of hydrogen-bond donors (Lipinski definition) is 4. The van der Waals surface area contributed by atoms with Crippen molar-refractivity contribution in [3.05, 3.63) is 60.3 Å². The summed E-state index contributed by atoms with van der Waals surface area (Å²) in [6.45, 7) is 0.233. The normalized spacial score (nSPS) is 13.3. The smallest absolute Gasteiger partial charge is 0.404 e. The number of carbonyl (C=O) groups is 1. The lowest BCUT2D eigenvalue weighted by atomic mass is 10.2. The molecule has 0 spiro atoms. The number of nitrogens with zero attached hydrogens (tertiary/aromatic N) is 4. The van der Waals surface area contributed by atoms with Crippen molar-refractivity contribution in [3.63, 3.8) is 0 Å². The van der Waals surface area contributed by atoms with Crippen molar-refractivity contribution >= 4 is 28.9 Å². The zero-order valence-corrected chi connectivity index (χ0v) is 16.6. The van der Waals surface area contributed by atoms with E-state index in [4.69, 9.17) is 20.8 Å². The van der Waals surface area contributed by atoms with Crippen LogP contribution in [0.15, 0.2) is 54.7 Å². The van der Waals surface area contributed by atoms with Gasteiger partial charge >= 0.3 is 6.09 Å². The van der Waals surface area contributed by atoms with E-state index in [1.807, 2.05) is 53.1 Å². The second-order valence-corrected chi connectivity index (χ2v) is 7.49. The van der Waals surface area contributed by atoms with Gasteiger partial charge in [0.15, 0.2) is 11.5 Å². The van der Waals surface area contributed by atoms with Gasteiger partial charge in [0.05, 0.1) is 5.56 Å². The zero-order valence-electron chi connectivity index (χ0n) is 16.6. The third-order valence-electron chi connectivity index (χ3n) is 5.15. The summed E-state index contributed by atoms with van der Waals surface area (Å²) in [7, 11) is 0. The summed E-state index contributed by atoms with van der Waals surface area (Å²) in [5.41, 5.74) is 10.0. The largest absolute Gasteiger partial charge is 0.465 e. The van der Waals surface area contributed by atoms with Crippen molar-refractivity contribution in [2.24, 2.45) is 0 Å². The summed E-state index contributed by atoms with van der Waals surface area (Å²) in [5, 5.41) is 14.6. The van der Waals surface area contributed by atoms with Crippen LogP contribution < -0.4 is 16.4 Å². The Morgan fingerprint density at radius 3 is 2.65 bits per heavy atom. The molecule has 0 aliphatic heterocycles. The SMILES string of the molecule is Nc1ncccc1-c1nc2ccc(NC3CC3)nc2n1-c1ccc(CNC(=O)O)cc1. The topological polar surface area (TPSA) is 131 Å². The average molecular weight is 415 g/mol. The Morgan fingerprint density at radius 1 is 1.13 bits per heavy atom. The molecular weight excluding hydrogens is 394 g/mol. The molecule has 0 bridgehead atoms. The average Bonchev–Trinajstić information content (AvgIpc) is 3.50. The third kappa shape index (κ3) is 3.85. The zero-order chi connectivity index (χ0) is 21.4. The molecule has 3 heterocycles. The van der Waals surface area contributed by atoms with E-state index >= 15 is 0 Å². The maximum Gasteiger partial charge on any atom is 0.404 e. The van der Waals surface area contributed by atoms with Gasteiger partial charge in [-0.2, -0.15) is 0 Å². The van der Waals surface area contributed by atoms with Crippen LogP contribution in [0.2, 0.25) is 0 Å². The minimum Gasteiger partial charge on any atom is -0.465 e. The Labute approximate surface area is 178 Å². The van der Waals surface area contributed by atoms with Gasteiger partial charge in [-0.1, -0.05) is 12.1 Å². The second kappa shape index (κ2) is 7.60. The van der Waals surface area contributed by atoms with Gasteiger partial charge in [0.1, 0.15) is 17.2 Å². The lowest BCUT2D eigenvalue weighted by Crippen LogP contribution is -2.19. The van der Waals surface area contributed by atoms with Crippen LogP contribution in [0.25, 0.3) is 28.2 Å². The summed E-state index contributed by atoms with van der Waals surface area (Å²) in [6.07, 6.45) is 2.90. The van der Waals surface area contributed by atoms with E-state index in [0.717, 1.165) is 35.4 Å². The molecule has 1 aromatic carbocycles. The molecule has 1 aliphatic carbocycles. The van der Waals surface area contributed by atoms with Crippen LogP contribution in [0.5, 0.6) is 0 Å². The maximum atomic E-state index is 10.8. The van der Waals surface area contributed by atoms with Gasteiger partial charge < -0.3 is 21.5 Å². The van der Waals surface area contributed by atoms with E-state index < -0.39 is 6.09 Å². The van der Waals surface area contributed by atoms with Crippen molar-refractivity contribution in [3.8, 4) is 17.1 Å². The number of pyridine rings is 2. The lowest BCUT2D eigenvalue weighted by molar-refractivity contribution is 0.194. The van der Waals surface area contributed by atoms with E-state index in [0.29, 0.717) is 28.9 Å². The summed E-state index contributed by atoms with van der Waals surface area (Å²) < 4.78 is 1.95. The highest BCUT2D eigenvalue weighted by Crippen LogP contribution is 2.32. The molecule has 5 N–H and O–H groups in total. The fraction of sp³-hybridized carbons (Fsp3) is 0.182. The first-order valence-electron chi connectivity index (χ1n) is 10.0. The van der Waals surface area contributed by atoms with Crippen LogP contribution >= 0.6 is 0 Å².